The van der Waals surface area contributed by atoms with Crippen LogP contribution in [0.3, 0.4) is 0 Å². The SMILES string of the molecule is CC1(CO)C(O)C2=C(C1O)C(C)(O)C1(CC1)C(C)(O)C2=O. The molecule has 0 saturated heterocycles. The summed E-state index contributed by atoms with van der Waals surface area (Å²) in [6.07, 6.45) is -1.82. The molecule has 1 spiro atoms. The fourth-order valence-electron chi connectivity index (χ4n) is 4.36. The maximum atomic E-state index is 12.7. The van der Waals surface area contributed by atoms with Gasteiger partial charge in [-0.15, -0.1) is 0 Å². The third kappa shape index (κ3) is 1.34. The lowest BCUT2D eigenvalue weighted by Crippen LogP contribution is -2.61. The van der Waals surface area contributed by atoms with Crippen LogP contribution in [0.4, 0.5) is 0 Å². The molecule has 0 bridgehead atoms. The number of rotatable bonds is 1. The minimum atomic E-state index is -1.79. The highest BCUT2D eigenvalue weighted by atomic mass is 16.3. The van der Waals surface area contributed by atoms with Gasteiger partial charge in [0, 0.05) is 16.6 Å². The number of hydrogen-bond donors (Lipinski definition) is 5. The summed E-state index contributed by atoms with van der Waals surface area (Å²) in [5.41, 5.74) is -5.88. The van der Waals surface area contributed by atoms with Gasteiger partial charge in [-0.1, -0.05) is 6.92 Å². The molecule has 1 saturated carbocycles. The summed E-state index contributed by atoms with van der Waals surface area (Å²) in [6, 6.07) is 0. The van der Waals surface area contributed by atoms with Crippen LogP contribution in [0.1, 0.15) is 33.6 Å². The Bertz CT molecular complexity index is 557. The molecule has 3 aliphatic carbocycles. The molecule has 0 aromatic rings. The van der Waals surface area contributed by atoms with E-state index >= 15 is 0 Å². The van der Waals surface area contributed by atoms with Crippen molar-refractivity contribution in [3.05, 3.63) is 11.1 Å². The second kappa shape index (κ2) is 3.75. The molecule has 5 atom stereocenters. The second-order valence-electron chi connectivity index (χ2n) is 7.35. The van der Waals surface area contributed by atoms with Crippen LogP contribution >= 0.6 is 0 Å². The second-order valence-corrected chi connectivity index (χ2v) is 7.35. The summed E-state index contributed by atoms with van der Waals surface area (Å²) in [7, 11) is 0. The van der Waals surface area contributed by atoms with Crippen molar-refractivity contribution in [2.45, 2.75) is 57.0 Å². The Hall–Kier alpha value is -0.790. The summed E-state index contributed by atoms with van der Waals surface area (Å²) >= 11 is 0. The maximum Gasteiger partial charge on any atom is 0.193 e. The van der Waals surface area contributed by atoms with E-state index in [0.29, 0.717) is 12.8 Å². The number of hydrogen-bond acceptors (Lipinski definition) is 6. The zero-order valence-corrected chi connectivity index (χ0v) is 12.4. The van der Waals surface area contributed by atoms with Crippen molar-refractivity contribution < 1.29 is 30.3 Å². The third-order valence-corrected chi connectivity index (χ3v) is 6.25. The van der Waals surface area contributed by atoms with Gasteiger partial charge in [-0.25, -0.2) is 0 Å². The number of ketones is 1. The summed E-state index contributed by atoms with van der Waals surface area (Å²) in [5.74, 6) is -0.662. The van der Waals surface area contributed by atoms with E-state index in [-0.39, 0.29) is 11.1 Å². The predicted molar refractivity (Wildman–Crippen MR) is 72.2 cm³/mol. The average Bonchev–Trinajstić information content (AvgIpc) is 3.19. The number of aliphatic hydroxyl groups is 5. The Labute approximate surface area is 122 Å². The highest BCUT2D eigenvalue weighted by molar-refractivity contribution is 6.06. The van der Waals surface area contributed by atoms with Crippen molar-refractivity contribution >= 4 is 5.78 Å². The van der Waals surface area contributed by atoms with Crippen molar-refractivity contribution in [1.82, 2.24) is 0 Å². The quantitative estimate of drug-likeness (QED) is 0.418. The monoisotopic (exact) mass is 298 g/mol. The highest BCUT2D eigenvalue weighted by Gasteiger charge is 2.76. The molecule has 0 aliphatic heterocycles. The summed E-state index contributed by atoms with van der Waals surface area (Å²) in [4.78, 5) is 12.7. The molecule has 1 fully saturated rings. The van der Waals surface area contributed by atoms with E-state index in [1.807, 2.05) is 0 Å². The number of carbonyl (C=O) groups excluding carboxylic acids is 1. The first kappa shape index (κ1) is 15.1. The van der Waals surface area contributed by atoms with Crippen LogP contribution in [0, 0.1) is 10.8 Å². The summed E-state index contributed by atoms with van der Waals surface area (Å²) in [6.45, 7) is 3.74. The zero-order chi connectivity index (χ0) is 16.0. The van der Waals surface area contributed by atoms with Gasteiger partial charge in [-0.05, 0) is 26.7 Å². The molecule has 5 unspecified atom stereocenters. The van der Waals surface area contributed by atoms with Crippen molar-refractivity contribution in [2.75, 3.05) is 6.61 Å². The van der Waals surface area contributed by atoms with Gasteiger partial charge < -0.3 is 25.5 Å². The van der Waals surface area contributed by atoms with Crippen LogP contribution < -0.4 is 0 Å². The molecule has 3 aliphatic rings. The fourth-order valence-corrected chi connectivity index (χ4v) is 4.36. The van der Waals surface area contributed by atoms with E-state index in [0.717, 1.165) is 0 Å². The molecule has 5 N–H and O–H groups in total. The standard InChI is InChI=1S/C15H22O6/c1-12(6-16)9(17)7-8(11(12)19)13(2,20)15(4-5-15)14(3,21)10(7)18/h9,11,16-17,19-21H,4-6H2,1-3H3. The van der Waals surface area contributed by atoms with Gasteiger partial charge >= 0.3 is 0 Å². The topological polar surface area (TPSA) is 118 Å². The molecular weight excluding hydrogens is 276 g/mol. The Morgan fingerprint density at radius 2 is 1.57 bits per heavy atom. The van der Waals surface area contributed by atoms with Crippen LogP contribution in [-0.2, 0) is 4.79 Å². The lowest BCUT2D eigenvalue weighted by molar-refractivity contribution is -0.160. The van der Waals surface area contributed by atoms with Crippen LogP contribution in [0.5, 0.6) is 0 Å². The van der Waals surface area contributed by atoms with E-state index in [2.05, 4.69) is 0 Å². The van der Waals surface area contributed by atoms with Gasteiger partial charge in [0.25, 0.3) is 0 Å². The van der Waals surface area contributed by atoms with Crippen LogP contribution in [0.25, 0.3) is 0 Å². The highest BCUT2D eigenvalue weighted by Crippen LogP contribution is 2.68. The van der Waals surface area contributed by atoms with E-state index in [9.17, 15) is 30.3 Å². The Balaban J connectivity index is 2.26. The molecular formula is C15H22O6. The van der Waals surface area contributed by atoms with Gasteiger partial charge in [0.1, 0.15) is 5.60 Å². The van der Waals surface area contributed by atoms with E-state index in [1.165, 1.54) is 20.8 Å². The van der Waals surface area contributed by atoms with E-state index < -0.39 is 46.6 Å². The number of carbonyl (C=O) groups is 1. The number of aliphatic hydroxyl groups excluding tert-OH is 3. The minimum Gasteiger partial charge on any atom is -0.396 e. The summed E-state index contributed by atoms with van der Waals surface area (Å²) in [5, 5.41) is 52.1. The molecule has 0 amide bonds. The number of Topliss-reactive ketones (excluding diaryl/α,β-unsaturated/α-hetero) is 1. The lowest BCUT2D eigenvalue weighted by Gasteiger charge is -2.48. The van der Waals surface area contributed by atoms with Gasteiger partial charge in [-0.3, -0.25) is 4.79 Å². The largest absolute Gasteiger partial charge is 0.396 e. The Kier molecular flexibility index (Phi) is 2.70. The Morgan fingerprint density at radius 3 is 2.00 bits per heavy atom. The van der Waals surface area contributed by atoms with Gasteiger partial charge in [0.15, 0.2) is 5.78 Å². The normalized spacial score (nSPS) is 51.5. The third-order valence-electron chi connectivity index (χ3n) is 6.25. The van der Waals surface area contributed by atoms with Gasteiger partial charge in [0.2, 0.25) is 0 Å². The Morgan fingerprint density at radius 1 is 1.05 bits per heavy atom. The van der Waals surface area contributed by atoms with Crippen molar-refractivity contribution in [2.24, 2.45) is 10.8 Å². The molecule has 6 nitrogen and oxygen atoms in total. The van der Waals surface area contributed by atoms with Gasteiger partial charge in [-0.2, -0.15) is 0 Å². The zero-order valence-electron chi connectivity index (χ0n) is 12.4. The summed E-state index contributed by atoms with van der Waals surface area (Å²) < 4.78 is 0. The molecule has 0 aromatic heterocycles. The minimum absolute atomic E-state index is 0.0561. The smallest absolute Gasteiger partial charge is 0.193 e. The maximum absolute atomic E-state index is 12.7. The van der Waals surface area contributed by atoms with E-state index in [4.69, 9.17) is 0 Å². The average molecular weight is 298 g/mol. The van der Waals surface area contributed by atoms with Crippen molar-refractivity contribution in [3.8, 4) is 0 Å². The first-order chi connectivity index (χ1) is 9.49. The first-order valence-electron chi connectivity index (χ1n) is 7.20. The molecule has 3 rings (SSSR count). The molecule has 0 aromatic carbocycles. The molecule has 21 heavy (non-hydrogen) atoms. The molecule has 0 radical (unpaired) electrons. The molecule has 6 heteroatoms. The van der Waals surface area contributed by atoms with Crippen LogP contribution in [-0.4, -0.2) is 61.3 Å². The molecule has 118 valence electrons. The lowest BCUT2D eigenvalue weighted by atomic mass is 9.61. The van der Waals surface area contributed by atoms with E-state index in [1.54, 1.807) is 0 Å². The van der Waals surface area contributed by atoms with Crippen molar-refractivity contribution in [3.63, 3.8) is 0 Å². The van der Waals surface area contributed by atoms with Crippen LogP contribution in [0.2, 0.25) is 0 Å². The first-order valence-corrected chi connectivity index (χ1v) is 7.20. The predicted octanol–water partition coefficient (Wildman–Crippen LogP) is -1.12. The fraction of sp³-hybridized carbons (Fsp3) is 0.800. The molecule has 0 heterocycles. The van der Waals surface area contributed by atoms with Crippen molar-refractivity contribution in [1.29, 1.82) is 0 Å². The van der Waals surface area contributed by atoms with Gasteiger partial charge in [0.05, 0.1) is 29.8 Å². The van der Waals surface area contributed by atoms with Crippen LogP contribution in [0.15, 0.2) is 11.1 Å².